The summed E-state index contributed by atoms with van der Waals surface area (Å²) in [6.07, 6.45) is 0. The maximum Gasteiger partial charge on any atom is 0.240 e. The van der Waals surface area contributed by atoms with E-state index in [4.69, 9.17) is 10.3 Å². The van der Waals surface area contributed by atoms with Crippen LogP contribution < -0.4 is 5.73 Å². The summed E-state index contributed by atoms with van der Waals surface area (Å²) in [7, 11) is 1.93. The number of hydrogen-bond acceptors (Lipinski definition) is 4. The second kappa shape index (κ2) is 4.17. The van der Waals surface area contributed by atoms with E-state index in [1.54, 1.807) is 6.07 Å². The largest absolute Gasteiger partial charge is 0.348 e. The van der Waals surface area contributed by atoms with Gasteiger partial charge in [0, 0.05) is 23.6 Å². The highest BCUT2D eigenvalue weighted by atomic mass is 19.1. The minimum Gasteiger partial charge on any atom is -0.348 e. The fourth-order valence-corrected chi connectivity index (χ4v) is 2.11. The molecule has 0 saturated heterocycles. The molecule has 5 nitrogen and oxygen atoms in total. The van der Waals surface area contributed by atoms with Crippen molar-refractivity contribution in [2.45, 2.75) is 13.5 Å². The number of benzene rings is 1. The normalized spacial score (nSPS) is 11.4. The molecule has 0 aliphatic heterocycles. The molecular formula is C13H13FN4O. The van der Waals surface area contributed by atoms with Crippen LogP contribution in [0.4, 0.5) is 4.39 Å². The van der Waals surface area contributed by atoms with E-state index in [1.807, 2.05) is 24.6 Å². The van der Waals surface area contributed by atoms with Crippen molar-refractivity contribution < 1.29 is 8.91 Å². The van der Waals surface area contributed by atoms with Crippen LogP contribution in [0.15, 0.2) is 22.7 Å². The molecule has 2 heterocycles. The maximum absolute atomic E-state index is 14.1. The lowest BCUT2D eigenvalue weighted by Crippen LogP contribution is -1.96. The van der Waals surface area contributed by atoms with E-state index in [9.17, 15) is 4.39 Å². The van der Waals surface area contributed by atoms with Crippen LogP contribution in [-0.4, -0.2) is 14.7 Å². The molecule has 98 valence electrons. The quantitative estimate of drug-likeness (QED) is 0.766. The Morgan fingerprint density at radius 1 is 1.37 bits per heavy atom. The summed E-state index contributed by atoms with van der Waals surface area (Å²) in [5.74, 6) is 0.138. The Morgan fingerprint density at radius 2 is 2.16 bits per heavy atom. The van der Waals surface area contributed by atoms with E-state index in [0.717, 1.165) is 16.6 Å². The molecule has 2 aromatic heterocycles. The molecule has 3 rings (SSSR count). The number of aryl methyl sites for hydroxylation is 2. The summed E-state index contributed by atoms with van der Waals surface area (Å²) < 4.78 is 21.0. The van der Waals surface area contributed by atoms with Gasteiger partial charge in [-0.05, 0) is 25.1 Å². The standard InChI is InChI=1S/C13H13FN4O/c1-7-3-8-4-10(14)9(5-11(8)18(7)2)13-16-12(6-15)19-17-13/h3-5H,6,15H2,1-2H3. The Bertz CT molecular complexity index is 759. The van der Waals surface area contributed by atoms with Crippen LogP contribution in [-0.2, 0) is 13.6 Å². The van der Waals surface area contributed by atoms with Gasteiger partial charge in [-0.2, -0.15) is 4.98 Å². The molecule has 0 spiro atoms. The van der Waals surface area contributed by atoms with Crippen molar-refractivity contribution in [3.63, 3.8) is 0 Å². The highest BCUT2D eigenvalue weighted by Gasteiger charge is 2.15. The van der Waals surface area contributed by atoms with E-state index < -0.39 is 0 Å². The Kier molecular flexibility index (Phi) is 2.60. The van der Waals surface area contributed by atoms with E-state index in [2.05, 4.69) is 10.1 Å². The van der Waals surface area contributed by atoms with Gasteiger partial charge in [-0.3, -0.25) is 0 Å². The predicted molar refractivity (Wildman–Crippen MR) is 68.8 cm³/mol. The first-order valence-corrected chi connectivity index (χ1v) is 5.88. The van der Waals surface area contributed by atoms with Crippen LogP contribution in [0.25, 0.3) is 22.3 Å². The van der Waals surface area contributed by atoms with Crippen LogP contribution in [0, 0.1) is 12.7 Å². The lowest BCUT2D eigenvalue weighted by molar-refractivity contribution is 0.380. The Morgan fingerprint density at radius 3 is 2.84 bits per heavy atom. The summed E-state index contributed by atoms with van der Waals surface area (Å²) >= 11 is 0. The number of halogens is 1. The van der Waals surface area contributed by atoms with Gasteiger partial charge < -0.3 is 14.8 Å². The summed E-state index contributed by atoms with van der Waals surface area (Å²) in [6.45, 7) is 2.11. The van der Waals surface area contributed by atoms with Crippen molar-refractivity contribution in [2.24, 2.45) is 12.8 Å². The molecule has 1 aromatic carbocycles. The van der Waals surface area contributed by atoms with Crippen LogP contribution in [0.3, 0.4) is 0 Å². The number of nitrogens with two attached hydrogens (primary N) is 1. The van der Waals surface area contributed by atoms with Crippen LogP contribution in [0.5, 0.6) is 0 Å². The van der Waals surface area contributed by atoms with Gasteiger partial charge in [0.25, 0.3) is 0 Å². The molecule has 0 bridgehead atoms. The minimum atomic E-state index is -0.373. The van der Waals surface area contributed by atoms with Gasteiger partial charge in [-0.1, -0.05) is 5.16 Å². The smallest absolute Gasteiger partial charge is 0.240 e. The summed E-state index contributed by atoms with van der Waals surface area (Å²) in [5.41, 5.74) is 7.70. The van der Waals surface area contributed by atoms with E-state index in [1.165, 1.54) is 6.07 Å². The third kappa shape index (κ3) is 1.80. The van der Waals surface area contributed by atoms with Crippen molar-refractivity contribution in [3.05, 3.63) is 35.6 Å². The molecule has 3 aromatic rings. The number of rotatable bonds is 2. The van der Waals surface area contributed by atoms with Crippen LogP contribution in [0.1, 0.15) is 11.6 Å². The molecule has 0 unspecified atom stereocenters. The van der Waals surface area contributed by atoms with Gasteiger partial charge in [0.2, 0.25) is 11.7 Å². The number of nitrogens with zero attached hydrogens (tertiary/aromatic N) is 3. The van der Waals surface area contributed by atoms with Crippen molar-refractivity contribution in [2.75, 3.05) is 0 Å². The topological polar surface area (TPSA) is 69.9 Å². The first-order valence-electron chi connectivity index (χ1n) is 5.88. The van der Waals surface area contributed by atoms with Gasteiger partial charge >= 0.3 is 0 Å². The SMILES string of the molecule is Cc1cc2cc(F)c(-c3noc(CN)n3)cc2n1C. The van der Waals surface area contributed by atoms with Crippen molar-refractivity contribution >= 4 is 10.9 Å². The molecule has 2 N–H and O–H groups in total. The lowest BCUT2D eigenvalue weighted by atomic mass is 10.1. The zero-order valence-electron chi connectivity index (χ0n) is 10.6. The zero-order valence-corrected chi connectivity index (χ0v) is 10.6. The molecule has 0 atom stereocenters. The first-order chi connectivity index (χ1) is 9.10. The van der Waals surface area contributed by atoms with E-state index in [0.29, 0.717) is 5.56 Å². The molecule has 0 amide bonds. The second-order valence-electron chi connectivity index (χ2n) is 4.45. The minimum absolute atomic E-state index is 0.139. The van der Waals surface area contributed by atoms with Crippen molar-refractivity contribution in [1.82, 2.24) is 14.7 Å². The Balaban J connectivity index is 2.22. The second-order valence-corrected chi connectivity index (χ2v) is 4.45. The van der Waals surface area contributed by atoms with Crippen molar-refractivity contribution in [3.8, 4) is 11.4 Å². The number of aromatic nitrogens is 3. The van der Waals surface area contributed by atoms with Gasteiger partial charge in [-0.25, -0.2) is 4.39 Å². The van der Waals surface area contributed by atoms with E-state index in [-0.39, 0.29) is 24.1 Å². The summed E-state index contributed by atoms with van der Waals surface area (Å²) in [5, 5.41) is 4.60. The van der Waals surface area contributed by atoms with Gasteiger partial charge in [0.1, 0.15) is 5.82 Å². The molecule has 0 saturated carbocycles. The molecule has 0 fully saturated rings. The van der Waals surface area contributed by atoms with Gasteiger partial charge in [-0.15, -0.1) is 0 Å². The highest BCUT2D eigenvalue weighted by molar-refractivity contribution is 5.85. The monoisotopic (exact) mass is 260 g/mol. The fraction of sp³-hybridized carbons (Fsp3) is 0.231. The average molecular weight is 260 g/mol. The first kappa shape index (κ1) is 11.9. The lowest BCUT2D eigenvalue weighted by Gasteiger charge is -2.02. The van der Waals surface area contributed by atoms with Gasteiger partial charge in [0.15, 0.2) is 0 Å². The highest BCUT2D eigenvalue weighted by Crippen LogP contribution is 2.27. The fourth-order valence-electron chi connectivity index (χ4n) is 2.11. The van der Waals surface area contributed by atoms with Crippen molar-refractivity contribution in [1.29, 1.82) is 0 Å². The average Bonchev–Trinajstić information content (AvgIpc) is 2.95. The Hall–Kier alpha value is -2.21. The van der Waals surface area contributed by atoms with Crippen LogP contribution >= 0.6 is 0 Å². The molecule has 6 heteroatoms. The summed E-state index contributed by atoms with van der Waals surface area (Å²) in [6, 6.07) is 5.14. The predicted octanol–water partition coefficient (Wildman–Crippen LogP) is 2.13. The third-order valence-electron chi connectivity index (χ3n) is 3.25. The maximum atomic E-state index is 14.1. The molecule has 0 radical (unpaired) electrons. The third-order valence-corrected chi connectivity index (χ3v) is 3.25. The molecule has 0 aliphatic rings. The summed E-state index contributed by atoms with van der Waals surface area (Å²) in [4.78, 5) is 4.05. The zero-order chi connectivity index (χ0) is 13.6. The molecule has 19 heavy (non-hydrogen) atoms. The molecule has 0 aliphatic carbocycles. The number of hydrogen-bond donors (Lipinski definition) is 1. The number of fused-ring (bicyclic) bond motifs is 1. The van der Waals surface area contributed by atoms with Gasteiger partial charge in [0.05, 0.1) is 12.1 Å². The Labute approximate surface area is 108 Å². The molecular weight excluding hydrogens is 247 g/mol. The van der Waals surface area contributed by atoms with E-state index >= 15 is 0 Å². The van der Waals surface area contributed by atoms with Crippen LogP contribution in [0.2, 0.25) is 0 Å².